The first kappa shape index (κ1) is 6.43. The summed E-state index contributed by atoms with van der Waals surface area (Å²) in [7, 11) is 0. The van der Waals surface area contributed by atoms with E-state index >= 15 is 0 Å². The van der Waals surface area contributed by atoms with E-state index in [0.717, 1.165) is 0 Å². The van der Waals surface area contributed by atoms with Gasteiger partial charge in [0, 0.05) is 6.54 Å². The van der Waals surface area contributed by atoms with Gasteiger partial charge in [-0.1, -0.05) is 0 Å². The Kier molecular flexibility index (Phi) is 3.32. The maximum absolute atomic E-state index is 10.2. The van der Waals surface area contributed by atoms with Gasteiger partial charge in [-0.25, -0.2) is 0 Å². The SMILES string of the molecule is CCNC(=O)C[NH3+]. The van der Waals surface area contributed by atoms with Crippen molar-refractivity contribution in [3.8, 4) is 0 Å². The molecule has 0 radical (unpaired) electrons. The molecule has 0 aliphatic carbocycles. The predicted molar refractivity (Wildman–Crippen MR) is 26.4 cm³/mol. The van der Waals surface area contributed by atoms with Gasteiger partial charge in [-0.05, 0) is 6.92 Å². The van der Waals surface area contributed by atoms with Gasteiger partial charge >= 0.3 is 0 Å². The molecule has 7 heavy (non-hydrogen) atoms. The van der Waals surface area contributed by atoms with Crippen LogP contribution in [0.1, 0.15) is 6.92 Å². The van der Waals surface area contributed by atoms with Crippen molar-refractivity contribution in [3.05, 3.63) is 0 Å². The minimum absolute atomic E-state index is 0.0162. The van der Waals surface area contributed by atoms with E-state index < -0.39 is 0 Å². The molecule has 0 spiro atoms. The number of hydrogen-bond donors (Lipinski definition) is 2. The number of quaternary nitrogens is 1. The molecule has 0 aliphatic heterocycles. The standard InChI is InChI=1S/C4H10N2O/c1-2-6-4(7)3-5/h2-3,5H2,1H3,(H,6,7)/p+1. The van der Waals surface area contributed by atoms with E-state index in [1.165, 1.54) is 0 Å². The summed E-state index contributed by atoms with van der Waals surface area (Å²) in [5, 5.41) is 2.59. The third kappa shape index (κ3) is 3.26. The molecule has 0 atom stereocenters. The third-order valence-corrected chi connectivity index (χ3v) is 0.601. The highest BCUT2D eigenvalue weighted by molar-refractivity contribution is 5.76. The summed E-state index contributed by atoms with van der Waals surface area (Å²) < 4.78 is 0. The molecule has 3 heteroatoms. The average Bonchev–Trinajstić information content (AvgIpc) is 1.68. The molecule has 0 aromatic heterocycles. The van der Waals surface area contributed by atoms with E-state index in [9.17, 15) is 4.79 Å². The first-order chi connectivity index (χ1) is 3.31. The number of amides is 1. The lowest BCUT2D eigenvalue weighted by Crippen LogP contribution is -2.57. The molecule has 0 bridgehead atoms. The van der Waals surface area contributed by atoms with Crippen molar-refractivity contribution >= 4 is 5.91 Å². The summed E-state index contributed by atoms with van der Waals surface area (Å²) in [4.78, 5) is 10.2. The van der Waals surface area contributed by atoms with Crippen LogP contribution in [0, 0.1) is 0 Å². The lowest BCUT2D eigenvalue weighted by molar-refractivity contribution is -0.355. The van der Waals surface area contributed by atoms with Gasteiger partial charge < -0.3 is 11.1 Å². The van der Waals surface area contributed by atoms with Crippen LogP contribution in [-0.2, 0) is 4.79 Å². The molecule has 0 aliphatic rings. The van der Waals surface area contributed by atoms with Gasteiger partial charge in [0.15, 0.2) is 6.54 Å². The topological polar surface area (TPSA) is 56.7 Å². The Morgan fingerprint density at radius 3 is 2.57 bits per heavy atom. The first-order valence-electron chi connectivity index (χ1n) is 2.37. The Hall–Kier alpha value is -0.570. The number of likely N-dealkylation sites (N-methyl/N-ethyl adjacent to an activating group) is 1. The van der Waals surface area contributed by atoms with Crippen LogP contribution in [0.15, 0.2) is 0 Å². The second-order valence-electron chi connectivity index (χ2n) is 1.20. The summed E-state index contributed by atoms with van der Waals surface area (Å²) >= 11 is 0. The lowest BCUT2D eigenvalue weighted by Gasteiger charge is -1.91. The molecule has 4 N–H and O–H groups in total. The number of rotatable bonds is 2. The summed E-state index contributed by atoms with van der Waals surface area (Å²) in [6.45, 7) is 2.93. The maximum atomic E-state index is 10.2. The smallest absolute Gasteiger partial charge is 0.275 e. The highest BCUT2D eigenvalue weighted by atomic mass is 16.1. The molecular formula is C4H11N2O+. The van der Waals surface area contributed by atoms with E-state index in [1.807, 2.05) is 6.92 Å². The molecule has 0 unspecified atom stereocenters. The first-order valence-corrected chi connectivity index (χ1v) is 2.37. The van der Waals surface area contributed by atoms with Crippen molar-refractivity contribution in [1.29, 1.82) is 0 Å². The minimum Gasteiger partial charge on any atom is -0.351 e. The fraction of sp³-hybridized carbons (Fsp3) is 0.750. The summed E-state index contributed by atoms with van der Waals surface area (Å²) in [6.07, 6.45) is 0. The Morgan fingerprint density at radius 2 is 2.43 bits per heavy atom. The highest BCUT2D eigenvalue weighted by Crippen LogP contribution is 1.53. The monoisotopic (exact) mass is 103 g/mol. The Balaban J connectivity index is 3.00. The maximum Gasteiger partial charge on any atom is 0.275 e. The molecule has 0 fully saturated rings. The van der Waals surface area contributed by atoms with E-state index in [4.69, 9.17) is 0 Å². The van der Waals surface area contributed by atoms with Crippen molar-refractivity contribution in [1.82, 2.24) is 5.32 Å². The fourth-order valence-electron chi connectivity index (χ4n) is 0.286. The predicted octanol–water partition coefficient (Wildman–Crippen LogP) is -1.64. The van der Waals surface area contributed by atoms with Crippen LogP contribution >= 0.6 is 0 Å². The second-order valence-corrected chi connectivity index (χ2v) is 1.20. The van der Waals surface area contributed by atoms with Gasteiger partial charge in [-0.2, -0.15) is 0 Å². The Bertz CT molecular complexity index is 62.7. The molecule has 3 nitrogen and oxygen atoms in total. The van der Waals surface area contributed by atoms with Crippen LogP contribution in [0.2, 0.25) is 0 Å². The lowest BCUT2D eigenvalue weighted by atomic mass is 10.6. The van der Waals surface area contributed by atoms with Gasteiger partial charge in [-0.15, -0.1) is 0 Å². The van der Waals surface area contributed by atoms with Gasteiger partial charge in [0.05, 0.1) is 0 Å². The molecule has 0 heterocycles. The molecule has 0 saturated carbocycles. The van der Waals surface area contributed by atoms with Crippen molar-refractivity contribution < 1.29 is 10.5 Å². The van der Waals surface area contributed by atoms with Crippen molar-refractivity contribution in [2.45, 2.75) is 6.92 Å². The van der Waals surface area contributed by atoms with Crippen LogP contribution in [0.5, 0.6) is 0 Å². The molecular weight excluding hydrogens is 92.1 g/mol. The summed E-state index contributed by atoms with van der Waals surface area (Å²) in [5.74, 6) is 0.0162. The minimum atomic E-state index is 0.0162. The van der Waals surface area contributed by atoms with Crippen LogP contribution < -0.4 is 11.1 Å². The van der Waals surface area contributed by atoms with Gasteiger partial charge in [0.1, 0.15) is 0 Å². The van der Waals surface area contributed by atoms with Crippen molar-refractivity contribution in [2.24, 2.45) is 0 Å². The number of nitrogens with one attached hydrogen (secondary N) is 1. The van der Waals surface area contributed by atoms with Gasteiger partial charge in [-0.3, -0.25) is 4.79 Å². The second kappa shape index (κ2) is 3.61. The Morgan fingerprint density at radius 1 is 1.86 bits per heavy atom. The zero-order valence-corrected chi connectivity index (χ0v) is 4.53. The summed E-state index contributed by atoms with van der Waals surface area (Å²) in [6, 6.07) is 0. The van der Waals surface area contributed by atoms with E-state index in [-0.39, 0.29) is 5.91 Å². The van der Waals surface area contributed by atoms with Crippen molar-refractivity contribution in [2.75, 3.05) is 13.1 Å². The molecule has 0 aromatic carbocycles. The van der Waals surface area contributed by atoms with Crippen LogP contribution in [0.3, 0.4) is 0 Å². The van der Waals surface area contributed by atoms with E-state index in [0.29, 0.717) is 13.1 Å². The largest absolute Gasteiger partial charge is 0.351 e. The van der Waals surface area contributed by atoms with Crippen LogP contribution in [-0.4, -0.2) is 19.0 Å². The Labute approximate surface area is 42.9 Å². The third-order valence-electron chi connectivity index (χ3n) is 0.601. The highest BCUT2D eigenvalue weighted by Gasteiger charge is 1.91. The van der Waals surface area contributed by atoms with Crippen LogP contribution in [0.4, 0.5) is 0 Å². The number of carbonyl (C=O) groups excluding carboxylic acids is 1. The fourth-order valence-corrected chi connectivity index (χ4v) is 0.286. The zero-order chi connectivity index (χ0) is 5.70. The molecule has 0 saturated heterocycles. The normalized spacial score (nSPS) is 8.29. The molecule has 1 amide bonds. The van der Waals surface area contributed by atoms with E-state index in [1.54, 1.807) is 0 Å². The van der Waals surface area contributed by atoms with Gasteiger partial charge in [0.2, 0.25) is 0 Å². The molecule has 0 aromatic rings. The van der Waals surface area contributed by atoms with Gasteiger partial charge in [0.25, 0.3) is 5.91 Å². The number of hydrogen-bond acceptors (Lipinski definition) is 1. The van der Waals surface area contributed by atoms with E-state index in [2.05, 4.69) is 11.1 Å². The average molecular weight is 103 g/mol. The quantitative estimate of drug-likeness (QED) is 0.433. The zero-order valence-electron chi connectivity index (χ0n) is 4.53. The molecule has 0 rings (SSSR count). The number of carbonyl (C=O) groups is 1. The van der Waals surface area contributed by atoms with Crippen LogP contribution in [0.25, 0.3) is 0 Å². The molecule has 42 valence electrons. The summed E-state index contributed by atoms with van der Waals surface area (Å²) in [5.41, 5.74) is 3.39. The van der Waals surface area contributed by atoms with Crippen molar-refractivity contribution in [3.63, 3.8) is 0 Å².